The third kappa shape index (κ3) is 10.6. The second-order valence-electron chi connectivity index (χ2n) is 17.6. The average Bonchev–Trinajstić information content (AvgIpc) is 3.88. The van der Waals surface area contributed by atoms with E-state index in [1.807, 2.05) is 27.7 Å². The maximum Gasteiger partial charge on any atom is 0.376 e. The molecule has 4 aromatic heterocycles. The van der Waals surface area contributed by atoms with Crippen LogP contribution >= 0.6 is 0 Å². The summed E-state index contributed by atoms with van der Waals surface area (Å²) in [6, 6.07) is 1.92. The summed E-state index contributed by atoms with van der Waals surface area (Å²) in [6.07, 6.45) is 8.89. The Morgan fingerprint density at radius 3 is 1.59 bits per heavy atom. The smallest absolute Gasteiger partial charge is 0.376 e. The fraction of sp³-hybridized carbons (Fsp3) is 0.535. The Kier molecular flexibility index (Phi) is 13.2. The number of hydrogen-bond donors (Lipinski definition) is 3. The Hall–Kier alpha value is -7.16. The highest BCUT2D eigenvalue weighted by atomic mass is 16.8. The predicted octanol–water partition coefficient (Wildman–Crippen LogP) is 3.12. The van der Waals surface area contributed by atoms with Gasteiger partial charge in [0.25, 0.3) is 0 Å². The van der Waals surface area contributed by atoms with Gasteiger partial charge in [0.1, 0.15) is 25.4 Å². The molecule has 366 valence electrons. The maximum atomic E-state index is 13.4. The van der Waals surface area contributed by atoms with Crippen molar-refractivity contribution in [3.05, 3.63) is 48.6 Å². The number of esters is 1. The van der Waals surface area contributed by atoms with Gasteiger partial charge in [0.15, 0.2) is 23.2 Å². The molecule has 6 aliphatic rings. The van der Waals surface area contributed by atoms with E-state index in [1.54, 1.807) is 23.2 Å². The zero-order chi connectivity index (χ0) is 48.5. The molecule has 26 heteroatoms. The number of aromatic carboxylic acids is 1. The molecule has 10 heterocycles. The van der Waals surface area contributed by atoms with Gasteiger partial charge >= 0.3 is 24.0 Å². The fourth-order valence-corrected chi connectivity index (χ4v) is 8.79. The van der Waals surface area contributed by atoms with Crippen LogP contribution < -0.4 is 39.7 Å². The minimum absolute atomic E-state index is 0.0544. The van der Waals surface area contributed by atoms with Gasteiger partial charge in [-0.2, -0.15) is 9.97 Å². The summed E-state index contributed by atoms with van der Waals surface area (Å²) >= 11 is 0. The number of carbonyl (C=O) groups is 4. The highest BCUT2D eigenvalue weighted by Crippen LogP contribution is 2.39. The van der Waals surface area contributed by atoms with Gasteiger partial charge in [-0.05, 0) is 53.4 Å². The molecule has 4 atom stereocenters. The predicted molar refractivity (Wildman–Crippen MR) is 241 cm³/mol. The molecule has 0 saturated carbocycles. The van der Waals surface area contributed by atoms with E-state index in [0.29, 0.717) is 49.4 Å². The van der Waals surface area contributed by atoms with Crippen molar-refractivity contribution in [2.45, 2.75) is 89.2 Å². The van der Waals surface area contributed by atoms with E-state index in [1.165, 1.54) is 30.6 Å². The van der Waals surface area contributed by atoms with E-state index < -0.39 is 35.6 Å². The third-order valence-corrected chi connectivity index (χ3v) is 11.8. The van der Waals surface area contributed by atoms with Gasteiger partial charge in [0.2, 0.25) is 35.3 Å². The molecule has 69 heavy (non-hydrogen) atoms. The molecule has 4 bridgehead atoms. The number of aromatic nitrogens is 8. The molecule has 6 aliphatic heterocycles. The summed E-state index contributed by atoms with van der Waals surface area (Å²) < 4.78 is 38.7. The highest BCUT2D eigenvalue weighted by Gasteiger charge is 2.41. The van der Waals surface area contributed by atoms with E-state index in [-0.39, 0.29) is 72.7 Å². The first kappa shape index (κ1) is 46.9. The van der Waals surface area contributed by atoms with Crippen LogP contribution in [0.4, 0.5) is 44.5 Å². The average molecular weight is 957 g/mol. The molecule has 0 unspecified atom stereocenters. The summed E-state index contributed by atoms with van der Waals surface area (Å²) in [4.78, 5) is 90.7. The number of rotatable bonds is 10. The Balaban J connectivity index is 0.000000172. The Bertz CT molecular complexity index is 2590. The van der Waals surface area contributed by atoms with Crippen molar-refractivity contribution in [3.63, 3.8) is 0 Å². The van der Waals surface area contributed by atoms with Crippen molar-refractivity contribution in [2.24, 2.45) is 0 Å². The molecule has 3 N–H and O–H groups in total. The molecule has 10 rings (SSSR count). The molecule has 4 aromatic rings. The summed E-state index contributed by atoms with van der Waals surface area (Å²) in [5, 5.41) is 14.8. The lowest BCUT2D eigenvalue weighted by atomic mass is 10.0. The standard InChI is InChI=1S/C22H27N7O6.C21H25N7O6/c1-22(2)34-12-14(35-22)11-33-16-6-7-23-20(25-16)27-21(31)29-13-5-4-8-28(10-13)15-9-24-17(19(30)32-3)26-18(15)29;1-21(2)33-11-13(34-21)10-32-15-5-6-22-19(24-15)26-20(31)28-12-4-3-7-27(9-12)14-8-23-16(18(29)30)25-17(14)28/h6-7,9,13-14H,4-5,8,10-12H2,1-3H3,(H,23,25,27,31);5-6,8,12-13H,3-4,7,9-11H2,1-2H3,(H,29,30)(H,22,24,26,31)/t13-,14+;12-,13+/m00/s1. The number of ether oxygens (including phenoxy) is 7. The molecule has 0 aromatic carbocycles. The molecule has 26 nitrogen and oxygen atoms in total. The van der Waals surface area contributed by atoms with Crippen molar-refractivity contribution in [2.75, 3.05) is 89.9 Å². The van der Waals surface area contributed by atoms with E-state index >= 15 is 0 Å². The molecule has 4 saturated heterocycles. The number of fused-ring (bicyclic) bond motifs is 8. The Morgan fingerprint density at radius 1 is 0.696 bits per heavy atom. The first-order valence-electron chi connectivity index (χ1n) is 22.4. The molecular weight excluding hydrogens is 905 g/mol. The van der Waals surface area contributed by atoms with Gasteiger partial charge in [0.05, 0.1) is 56.2 Å². The Labute approximate surface area is 395 Å². The number of carbonyl (C=O) groups excluding carboxylic acids is 3. The van der Waals surface area contributed by atoms with Crippen LogP contribution in [-0.4, -0.2) is 165 Å². The number of urea groups is 2. The number of hydrogen-bond acceptors (Lipinski definition) is 21. The number of amides is 4. The largest absolute Gasteiger partial charge is 0.475 e. The summed E-state index contributed by atoms with van der Waals surface area (Å²) in [5.41, 5.74) is 1.30. The van der Waals surface area contributed by atoms with Crippen LogP contribution in [0, 0.1) is 0 Å². The first-order chi connectivity index (χ1) is 33.1. The van der Waals surface area contributed by atoms with Crippen LogP contribution in [0.1, 0.15) is 74.6 Å². The van der Waals surface area contributed by atoms with Crippen molar-refractivity contribution in [1.82, 2.24) is 39.9 Å². The first-order valence-corrected chi connectivity index (χ1v) is 22.4. The lowest BCUT2D eigenvalue weighted by molar-refractivity contribution is -0.142. The van der Waals surface area contributed by atoms with Crippen molar-refractivity contribution in [1.29, 1.82) is 0 Å². The highest BCUT2D eigenvalue weighted by molar-refractivity contribution is 6.05. The van der Waals surface area contributed by atoms with Crippen molar-refractivity contribution in [3.8, 4) is 11.8 Å². The zero-order valence-corrected chi connectivity index (χ0v) is 38.6. The topological polar surface area (TPSA) is 293 Å². The van der Waals surface area contributed by atoms with E-state index in [0.717, 1.165) is 38.8 Å². The quantitative estimate of drug-likeness (QED) is 0.192. The van der Waals surface area contributed by atoms with Gasteiger partial charge in [-0.25, -0.2) is 49.1 Å². The number of carboxylic acid groups (broad SMARTS) is 1. The second kappa shape index (κ2) is 19.4. The third-order valence-electron chi connectivity index (χ3n) is 11.8. The molecule has 0 spiro atoms. The lowest BCUT2D eigenvalue weighted by Gasteiger charge is -2.45. The lowest BCUT2D eigenvalue weighted by Crippen LogP contribution is -2.56. The van der Waals surface area contributed by atoms with Crippen LogP contribution in [0.3, 0.4) is 0 Å². The van der Waals surface area contributed by atoms with Crippen LogP contribution in [0.5, 0.6) is 11.8 Å². The monoisotopic (exact) mass is 956 g/mol. The number of nitrogens with one attached hydrogen (secondary N) is 2. The van der Waals surface area contributed by atoms with E-state index in [2.05, 4.69) is 60.3 Å². The number of carboxylic acids is 1. The maximum absolute atomic E-state index is 13.4. The minimum atomic E-state index is -1.26. The molecule has 4 fully saturated rings. The molecule has 4 amide bonds. The van der Waals surface area contributed by atoms with E-state index in [9.17, 15) is 24.3 Å². The second-order valence-corrected chi connectivity index (χ2v) is 17.6. The molecular formula is C43H52N14O12. The van der Waals surface area contributed by atoms with Crippen molar-refractivity contribution < 1.29 is 57.4 Å². The zero-order valence-electron chi connectivity index (χ0n) is 38.6. The molecule has 0 aliphatic carbocycles. The number of anilines is 6. The summed E-state index contributed by atoms with van der Waals surface area (Å²) in [6.45, 7) is 11.5. The number of nitrogens with zero attached hydrogens (tertiary/aromatic N) is 12. The fourth-order valence-electron chi connectivity index (χ4n) is 8.79. The number of methoxy groups -OCH3 is 1. The van der Waals surface area contributed by atoms with Crippen LogP contribution in [0.25, 0.3) is 0 Å². The van der Waals surface area contributed by atoms with Crippen LogP contribution in [0.15, 0.2) is 36.9 Å². The van der Waals surface area contributed by atoms with Crippen LogP contribution in [-0.2, 0) is 23.7 Å². The van der Waals surface area contributed by atoms with Gasteiger partial charge in [-0.3, -0.25) is 20.4 Å². The van der Waals surface area contributed by atoms with Gasteiger partial charge < -0.3 is 48.1 Å². The molecule has 0 radical (unpaired) electrons. The summed E-state index contributed by atoms with van der Waals surface area (Å²) in [7, 11) is 1.26. The van der Waals surface area contributed by atoms with Gasteiger partial charge in [-0.15, -0.1) is 0 Å². The normalized spacial score (nSPS) is 22.6. The van der Waals surface area contributed by atoms with Crippen LogP contribution in [0.2, 0.25) is 0 Å². The SMILES string of the molecule is CC1(C)OC[C@@H](COc2ccnc(NC(=O)N3c4nc(C(=O)O)ncc4N4CCC[C@H]3C4)n2)O1.COC(=O)c1ncc2c(n1)N(C(=O)Nc1nccc(OC[C@@H]3COC(C)(C)O3)n1)[C@H]1CCCN2C1. The Morgan fingerprint density at radius 2 is 1.16 bits per heavy atom. The van der Waals surface area contributed by atoms with E-state index in [4.69, 9.17) is 33.2 Å². The summed E-state index contributed by atoms with van der Waals surface area (Å²) in [5.74, 6) is -2.40. The van der Waals surface area contributed by atoms with Crippen molar-refractivity contribution >= 4 is 58.9 Å². The minimum Gasteiger partial charge on any atom is -0.475 e. The van der Waals surface area contributed by atoms with Gasteiger partial charge in [0, 0.05) is 50.7 Å². The van der Waals surface area contributed by atoms with Gasteiger partial charge in [-0.1, -0.05) is 0 Å². The number of piperidine rings is 2.